The first kappa shape index (κ1) is 23.8. The van der Waals surface area contributed by atoms with Gasteiger partial charge in [0, 0.05) is 19.0 Å². The Morgan fingerprint density at radius 1 is 1.03 bits per heavy atom. The van der Waals surface area contributed by atoms with Gasteiger partial charge in [0.05, 0.1) is 5.41 Å². The molecular weight excluding hydrogens is 432 g/mol. The first-order chi connectivity index (χ1) is 16.2. The second-order valence-electron chi connectivity index (χ2n) is 9.88. The van der Waals surface area contributed by atoms with E-state index in [9.17, 15) is 19.5 Å². The predicted octanol–water partition coefficient (Wildman–Crippen LogP) is 4.26. The molecule has 4 rings (SSSR count). The zero-order valence-electron chi connectivity index (χ0n) is 19.9. The van der Waals surface area contributed by atoms with Crippen molar-refractivity contribution in [1.82, 2.24) is 10.2 Å². The highest BCUT2D eigenvalue weighted by atomic mass is 16.5. The summed E-state index contributed by atoms with van der Waals surface area (Å²) in [7, 11) is 0. The maximum atomic E-state index is 13.2. The van der Waals surface area contributed by atoms with Crippen molar-refractivity contribution in [3.8, 4) is 11.1 Å². The van der Waals surface area contributed by atoms with Crippen LogP contribution in [-0.2, 0) is 14.3 Å². The number of carbonyl (C=O) groups excluding carboxylic acids is 2. The van der Waals surface area contributed by atoms with Crippen molar-refractivity contribution >= 4 is 18.0 Å². The molecule has 0 radical (unpaired) electrons. The maximum Gasteiger partial charge on any atom is 0.407 e. The number of rotatable bonds is 6. The summed E-state index contributed by atoms with van der Waals surface area (Å²) in [5.74, 6) is -1.23. The Morgan fingerprint density at radius 2 is 1.56 bits per heavy atom. The summed E-state index contributed by atoms with van der Waals surface area (Å²) in [6, 6.07) is 15.5. The van der Waals surface area contributed by atoms with E-state index in [1.807, 2.05) is 38.1 Å². The third kappa shape index (κ3) is 4.52. The molecule has 0 bridgehead atoms. The van der Waals surface area contributed by atoms with E-state index in [1.54, 1.807) is 11.8 Å². The normalized spacial score (nSPS) is 17.6. The first-order valence-electron chi connectivity index (χ1n) is 11.8. The third-order valence-electron chi connectivity index (χ3n) is 7.24. The van der Waals surface area contributed by atoms with Crippen LogP contribution in [-0.4, -0.2) is 53.7 Å². The van der Waals surface area contributed by atoms with Crippen LogP contribution in [0.2, 0.25) is 0 Å². The Labute approximate surface area is 200 Å². The SMILES string of the molecule is CC(C)C(NC(=O)OCC1c2ccccc2-c2ccccc21)C(=O)N1CCC(C)(C(=O)O)CC1. The van der Waals surface area contributed by atoms with Gasteiger partial charge in [-0.2, -0.15) is 0 Å². The molecule has 1 atom stereocenters. The second kappa shape index (κ2) is 9.49. The average Bonchev–Trinajstić information content (AvgIpc) is 3.15. The number of hydrogen-bond donors (Lipinski definition) is 2. The van der Waals surface area contributed by atoms with Crippen molar-refractivity contribution in [1.29, 1.82) is 0 Å². The van der Waals surface area contributed by atoms with Gasteiger partial charge in [-0.1, -0.05) is 62.4 Å². The van der Waals surface area contributed by atoms with Crippen molar-refractivity contribution in [3.05, 3.63) is 59.7 Å². The number of piperidine rings is 1. The van der Waals surface area contributed by atoms with Crippen LogP contribution >= 0.6 is 0 Å². The van der Waals surface area contributed by atoms with Crippen LogP contribution in [0.5, 0.6) is 0 Å². The fourth-order valence-corrected chi connectivity index (χ4v) is 4.91. The number of carboxylic acid groups (broad SMARTS) is 1. The molecule has 0 saturated carbocycles. The number of amides is 2. The minimum atomic E-state index is -0.836. The molecular formula is C27H32N2O5. The highest BCUT2D eigenvalue weighted by Crippen LogP contribution is 2.44. The Balaban J connectivity index is 1.39. The predicted molar refractivity (Wildman–Crippen MR) is 128 cm³/mol. The lowest BCUT2D eigenvalue weighted by Gasteiger charge is -2.38. The minimum Gasteiger partial charge on any atom is -0.481 e. The zero-order chi connectivity index (χ0) is 24.5. The van der Waals surface area contributed by atoms with Crippen molar-refractivity contribution in [2.45, 2.75) is 45.6 Å². The van der Waals surface area contributed by atoms with Crippen LogP contribution in [0.25, 0.3) is 11.1 Å². The Morgan fingerprint density at radius 3 is 2.06 bits per heavy atom. The maximum absolute atomic E-state index is 13.2. The number of nitrogens with zero attached hydrogens (tertiary/aromatic N) is 1. The van der Waals surface area contributed by atoms with E-state index in [1.165, 1.54) is 0 Å². The van der Waals surface area contributed by atoms with Crippen LogP contribution in [0, 0.1) is 11.3 Å². The van der Waals surface area contributed by atoms with Crippen molar-refractivity contribution in [2.24, 2.45) is 11.3 Å². The number of alkyl carbamates (subject to hydrolysis) is 1. The molecule has 7 nitrogen and oxygen atoms in total. The largest absolute Gasteiger partial charge is 0.481 e. The monoisotopic (exact) mass is 464 g/mol. The van der Waals surface area contributed by atoms with Gasteiger partial charge in [-0.05, 0) is 47.9 Å². The van der Waals surface area contributed by atoms with Gasteiger partial charge in [-0.25, -0.2) is 4.79 Å². The molecule has 1 aliphatic carbocycles. The Bertz CT molecular complexity index is 1040. The summed E-state index contributed by atoms with van der Waals surface area (Å²) in [5.41, 5.74) is 3.75. The van der Waals surface area contributed by atoms with Crippen LogP contribution in [0.3, 0.4) is 0 Å². The molecule has 2 aromatic rings. The molecule has 1 unspecified atom stereocenters. The standard InChI is InChI=1S/C27H32N2O5/c1-17(2)23(24(30)29-14-12-27(3,13-15-29)25(31)32)28-26(33)34-16-22-20-10-6-4-8-18(20)19-9-5-7-11-21(19)22/h4-11,17,22-23H,12-16H2,1-3H3,(H,28,33)(H,31,32). The minimum absolute atomic E-state index is 0.0536. The molecule has 2 amide bonds. The lowest BCUT2D eigenvalue weighted by molar-refractivity contribution is -0.153. The lowest BCUT2D eigenvalue weighted by atomic mass is 9.80. The first-order valence-corrected chi connectivity index (χ1v) is 11.8. The molecule has 0 aromatic heterocycles. The van der Waals surface area contributed by atoms with Crippen LogP contribution in [0.1, 0.15) is 50.7 Å². The lowest BCUT2D eigenvalue weighted by Crippen LogP contribution is -2.54. The van der Waals surface area contributed by atoms with Crippen molar-refractivity contribution in [2.75, 3.05) is 19.7 Å². The second-order valence-corrected chi connectivity index (χ2v) is 9.88. The zero-order valence-corrected chi connectivity index (χ0v) is 19.9. The van der Waals surface area contributed by atoms with Crippen molar-refractivity contribution < 1.29 is 24.2 Å². The summed E-state index contributed by atoms with van der Waals surface area (Å²) < 4.78 is 5.62. The van der Waals surface area contributed by atoms with E-state index in [0.717, 1.165) is 22.3 Å². The van der Waals surface area contributed by atoms with Crippen LogP contribution < -0.4 is 5.32 Å². The molecule has 2 N–H and O–H groups in total. The number of aliphatic carboxylic acids is 1. The molecule has 34 heavy (non-hydrogen) atoms. The summed E-state index contributed by atoms with van der Waals surface area (Å²) in [4.78, 5) is 39.0. The van der Waals surface area contributed by atoms with Crippen molar-refractivity contribution in [3.63, 3.8) is 0 Å². The van der Waals surface area contributed by atoms with E-state index < -0.39 is 23.5 Å². The van der Waals surface area contributed by atoms with Gasteiger partial charge in [0.25, 0.3) is 0 Å². The number of likely N-dealkylation sites (tertiary alicyclic amines) is 1. The number of benzene rings is 2. The number of fused-ring (bicyclic) bond motifs is 3. The fraction of sp³-hybridized carbons (Fsp3) is 0.444. The van der Waals surface area contributed by atoms with Gasteiger partial charge in [-0.3, -0.25) is 9.59 Å². The Kier molecular flexibility index (Phi) is 6.64. The highest BCUT2D eigenvalue weighted by molar-refractivity contribution is 5.86. The van der Waals surface area contributed by atoms with Gasteiger partial charge >= 0.3 is 12.1 Å². The fourth-order valence-electron chi connectivity index (χ4n) is 4.91. The smallest absolute Gasteiger partial charge is 0.407 e. The summed E-state index contributed by atoms with van der Waals surface area (Å²) >= 11 is 0. The van der Waals surface area contributed by atoms with Crippen LogP contribution in [0.4, 0.5) is 4.79 Å². The molecule has 7 heteroatoms. The average molecular weight is 465 g/mol. The molecule has 180 valence electrons. The highest BCUT2D eigenvalue weighted by Gasteiger charge is 2.40. The molecule has 1 fully saturated rings. The van der Waals surface area contributed by atoms with Gasteiger partial charge in [-0.15, -0.1) is 0 Å². The number of carbonyl (C=O) groups is 3. The number of hydrogen-bond acceptors (Lipinski definition) is 4. The molecule has 1 aliphatic heterocycles. The number of nitrogens with one attached hydrogen (secondary N) is 1. The van der Waals surface area contributed by atoms with Gasteiger partial charge in [0.15, 0.2) is 0 Å². The number of ether oxygens (including phenoxy) is 1. The Hall–Kier alpha value is -3.35. The molecule has 0 spiro atoms. The van der Waals surface area contributed by atoms with Crippen LogP contribution in [0.15, 0.2) is 48.5 Å². The quantitative estimate of drug-likeness (QED) is 0.666. The van der Waals surface area contributed by atoms with E-state index in [-0.39, 0.29) is 24.3 Å². The summed E-state index contributed by atoms with van der Waals surface area (Å²) in [5, 5.41) is 12.2. The molecule has 1 heterocycles. The van der Waals surface area contributed by atoms with Gasteiger partial charge in [0.1, 0.15) is 12.6 Å². The summed E-state index contributed by atoms with van der Waals surface area (Å²) in [6.07, 6.45) is 0.162. The van der Waals surface area contributed by atoms with Gasteiger partial charge in [0.2, 0.25) is 5.91 Å². The third-order valence-corrected chi connectivity index (χ3v) is 7.24. The molecule has 2 aromatic carbocycles. The van der Waals surface area contributed by atoms with E-state index in [0.29, 0.717) is 25.9 Å². The molecule has 2 aliphatic rings. The van der Waals surface area contributed by atoms with Gasteiger partial charge < -0.3 is 20.1 Å². The van der Waals surface area contributed by atoms with E-state index in [2.05, 4.69) is 29.6 Å². The van der Waals surface area contributed by atoms with E-state index in [4.69, 9.17) is 4.74 Å². The summed E-state index contributed by atoms with van der Waals surface area (Å²) in [6.45, 7) is 6.36. The molecule has 1 saturated heterocycles. The number of carboxylic acids is 1. The topological polar surface area (TPSA) is 95.9 Å². The van der Waals surface area contributed by atoms with E-state index >= 15 is 0 Å².